The molecule has 0 saturated heterocycles. The second-order valence-electron chi connectivity index (χ2n) is 5.28. The molecule has 1 aromatic carbocycles. The van der Waals surface area contributed by atoms with Gasteiger partial charge < -0.3 is 15.4 Å². The Morgan fingerprint density at radius 2 is 2.05 bits per heavy atom. The second kappa shape index (κ2) is 6.87. The average Bonchev–Trinajstić information content (AvgIpc) is 3.22. The van der Waals surface area contributed by atoms with Gasteiger partial charge in [-0.3, -0.25) is 0 Å². The molecule has 1 saturated carbocycles. The van der Waals surface area contributed by atoms with E-state index in [1.807, 2.05) is 0 Å². The van der Waals surface area contributed by atoms with Gasteiger partial charge in [-0.2, -0.15) is 0 Å². The van der Waals surface area contributed by atoms with Gasteiger partial charge in [0.2, 0.25) is 0 Å². The standard InChI is InChI=1S/C15H23FN2O/c1-18(15(11-17)12-3-4-12)9-2-10-19-14-7-5-13(16)6-8-14/h5-8,12,15H,2-4,9-11,17H2,1H3. The number of hydrogen-bond donors (Lipinski definition) is 1. The molecule has 1 aliphatic carbocycles. The van der Waals surface area contributed by atoms with Crippen LogP contribution in [0.4, 0.5) is 4.39 Å². The Kier molecular flexibility index (Phi) is 5.16. The van der Waals surface area contributed by atoms with Gasteiger partial charge in [0.1, 0.15) is 11.6 Å². The number of nitrogens with zero attached hydrogens (tertiary/aromatic N) is 1. The van der Waals surface area contributed by atoms with E-state index in [9.17, 15) is 4.39 Å². The minimum atomic E-state index is -0.234. The zero-order valence-electron chi connectivity index (χ0n) is 11.5. The molecule has 1 aliphatic rings. The van der Waals surface area contributed by atoms with Crippen LogP contribution in [-0.2, 0) is 0 Å². The average molecular weight is 266 g/mol. The molecule has 0 heterocycles. The van der Waals surface area contributed by atoms with Crippen LogP contribution < -0.4 is 10.5 Å². The Labute approximate surface area is 114 Å². The van der Waals surface area contributed by atoms with E-state index in [0.29, 0.717) is 12.6 Å². The molecule has 1 atom stereocenters. The number of nitrogens with two attached hydrogens (primary N) is 1. The molecule has 1 aromatic rings. The summed E-state index contributed by atoms with van der Waals surface area (Å²) in [6, 6.07) is 6.67. The summed E-state index contributed by atoms with van der Waals surface area (Å²) in [6.07, 6.45) is 3.59. The van der Waals surface area contributed by atoms with Crippen molar-refractivity contribution in [3.8, 4) is 5.75 Å². The molecule has 1 unspecified atom stereocenters. The Morgan fingerprint density at radius 3 is 2.63 bits per heavy atom. The van der Waals surface area contributed by atoms with E-state index >= 15 is 0 Å². The number of rotatable bonds is 8. The Balaban J connectivity index is 1.64. The molecule has 3 nitrogen and oxygen atoms in total. The Bertz CT molecular complexity index is 378. The number of benzene rings is 1. The highest BCUT2D eigenvalue weighted by Crippen LogP contribution is 2.34. The lowest BCUT2D eigenvalue weighted by atomic mass is 10.1. The highest BCUT2D eigenvalue weighted by atomic mass is 19.1. The van der Waals surface area contributed by atoms with E-state index in [4.69, 9.17) is 10.5 Å². The molecule has 4 heteroatoms. The maximum absolute atomic E-state index is 12.7. The van der Waals surface area contributed by atoms with Crippen LogP contribution in [0.5, 0.6) is 5.75 Å². The van der Waals surface area contributed by atoms with Crippen molar-refractivity contribution in [3.05, 3.63) is 30.1 Å². The third-order valence-electron chi connectivity index (χ3n) is 3.71. The van der Waals surface area contributed by atoms with E-state index in [-0.39, 0.29) is 5.82 Å². The SMILES string of the molecule is CN(CCCOc1ccc(F)cc1)C(CN)C1CC1. The topological polar surface area (TPSA) is 38.5 Å². The molecule has 1 fully saturated rings. The van der Waals surface area contributed by atoms with Crippen molar-refractivity contribution in [1.29, 1.82) is 0 Å². The zero-order chi connectivity index (χ0) is 13.7. The van der Waals surface area contributed by atoms with E-state index in [1.165, 1.54) is 25.0 Å². The van der Waals surface area contributed by atoms with Crippen molar-refractivity contribution in [2.75, 3.05) is 26.7 Å². The lowest BCUT2D eigenvalue weighted by molar-refractivity contribution is 0.201. The molecule has 2 N–H and O–H groups in total. The van der Waals surface area contributed by atoms with Crippen molar-refractivity contribution in [1.82, 2.24) is 4.90 Å². The zero-order valence-corrected chi connectivity index (χ0v) is 11.5. The number of likely N-dealkylation sites (N-methyl/N-ethyl adjacent to an activating group) is 1. The molecule has 0 aliphatic heterocycles. The van der Waals surface area contributed by atoms with E-state index in [2.05, 4.69) is 11.9 Å². The van der Waals surface area contributed by atoms with Crippen molar-refractivity contribution < 1.29 is 9.13 Å². The van der Waals surface area contributed by atoms with Gasteiger partial charge in [-0.25, -0.2) is 4.39 Å². The predicted octanol–water partition coefficient (Wildman–Crippen LogP) is 2.26. The van der Waals surface area contributed by atoms with E-state index < -0.39 is 0 Å². The lowest BCUT2D eigenvalue weighted by Gasteiger charge is -2.26. The normalized spacial score (nSPS) is 16.6. The summed E-state index contributed by atoms with van der Waals surface area (Å²) >= 11 is 0. The summed E-state index contributed by atoms with van der Waals surface area (Å²) in [5, 5.41) is 0. The summed E-state index contributed by atoms with van der Waals surface area (Å²) < 4.78 is 18.3. The minimum absolute atomic E-state index is 0.234. The number of ether oxygens (including phenoxy) is 1. The quantitative estimate of drug-likeness (QED) is 0.734. The maximum atomic E-state index is 12.7. The van der Waals surface area contributed by atoms with Gasteiger partial charge in [0.05, 0.1) is 6.61 Å². The van der Waals surface area contributed by atoms with Gasteiger partial charge in [0, 0.05) is 19.1 Å². The summed E-state index contributed by atoms with van der Waals surface area (Å²) in [5.41, 5.74) is 5.82. The van der Waals surface area contributed by atoms with Crippen molar-refractivity contribution >= 4 is 0 Å². The first-order chi connectivity index (χ1) is 9.20. The Morgan fingerprint density at radius 1 is 1.37 bits per heavy atom. The summed E-state index contributed by atoms with van der Waals surface area (Å²) in [4.78, 5) is 2.34. The van der Waals surface area contributed by atoms with Gasteiger partial charge >= 0.3 is 0 Å². The molecule has 0 bridgehead atoms. The fraction of sp³-hybridized carbons (Fsp3) is 0.600. The molecule has 106 valence electrons. The molecule has 0 radical (unpaired) electrons. The fourth-order valence-corrected chi connectivity index (χ4v) is 2.41. The maximum Gasteiger partial charge on any atom is 0.123 e. The van der Waals surface area contributed by atoms with Crippen LogP contribution in [-0.4, -0.2) is 37.7 Å². The molecular weight excluding hydrogens is 243 g/mol. The second-order valence-corrected chi connectivity index (χ2v) is 5.28. The van der Waals surface area contributed by atoms with Crippen LogP contribution in [0.1, 0.15) is 19.3 Å². The lowest BCUT2D eigenvalue weighted by Crippen LogP contribution is -2.40. The molecule has 0 aromatic heterocycles. The van der Waals surface area contributed by atoms with E-state index in [1.54, 1.807) is 12.1 Å². The fourth-order valence-electron chi connectivity index (χ4n) is 2.41. The van der Waals surface area contributed by atoms with Gasteiger partial charge in [-0.1, -0.05) is 0 Å². The summed E-state index contributed by atoms with van der Waals surface area (Å²) in [5.74, 6) is 1.29. The first kappa shape index (κ1) is 14.3. The smallest absolute Gasteiger partial charge is 0.123 e. The summed E-state index contributed by atoms with van der Waals surface area (Å²) in [7, 11) is 2.13. The first-order valence-corrected chi connectivity index (χ1v) is 6.99. The van der Waals surface area contributed by atoms with Crippen LogP contribution in [0.2, 0.25) is 0 Å². The Hall–Kier alpha value is -1.13. The highest BCUT2D eigenvalue weighted by Gasteiger charge is 2.32. The third kappa shape index (κ3) is 4.48. The van der Waals surface area contributed by atoms with Crippen LogP contribution >= 0.6 is 0 Å². The van der Waals surface area contributed by atoms with Gasteiger partial charge in [-0.05, 0) is 56.5 Å². The highest BCUT2D eigenvalue weighted by molar-refractivity contribution is 5.21. The van der Waals surface area contributed by atoms with Crippen LogP contribution in [0.3, 0.4) is 0 Å². The molecular formula is C15H23FN2O. The third-order valence-corrected chi connectivity index (χ3v) is 3.71. The largest absolute Gasteiger partial charge is 0.494 e. The van der Waals surface area contributed by atoms with Crippen molar-refractivity contribution in [2.45, 2.75) is 25.3 Å². The molecule has 0 amide bonds. The summed E-state index contributed by atoms with van der Waals surface area (Å²) in [6.45, 7) is 2.37. The monoisotopic (exact) mass is 266 g/mol. The minimum Gasteiger partial charge on any atom is -0.494 e. The van der Waals surface area contributed by atoms with Crippen molar-refractivity contribution in [3.63, 3.8) is 0 Å². The predicted molar refractivity (Wildman–Crippen MR) is 74.7 cm³/mol. The molecule has 19 heavy (non-hydrogen) atoms. The molecule has 0 spiro atoms. The van der Waals surface area contributed by atoms with Crippen LogP contribution in [0.25, 0.3) is 0 Å². The number of hydrogen-bond acceptors (Lipinski definition) is 3. The molecule has 2 rings (SSSR count). The van der Waals surface area contributed by atoms with Gasteiger partial charge in [0.25, 0.3) is 0 Å². The van der Waals surface area contributed by atoms with Crippen LogP contribution in [0, 0.1) is 11.7 Å². The van der Waals surface area contributed by atoms with Gasteiger partial charge in [0.15, 0.2) is 0 Å². The van der Waals surface area contributed by atoms with Gasteiger partial charge in [-0.15, -0.1) is 0 Å². The first-order valence-electron chi connectivity index (χ1n) is 6.99. The number of halogens is 1. The van der Waals surface area contributed by atoms with Crippen molar-refractivity contribution in [2.24, 2.45) is 11.7 Å². The van der Waals surface area contributed by atoms with E-state index in [0.717, 1.165) is 31.2 Å². The van der Waals surface area contributed by atoms with Crippen LogP contribution in [0.15, 0.2) is 24.3 Å².